The summed E-state index contributed by atoms with van der Waals surface area (Å²) in [7, 11) is 0. The third kappa shape index (κ3) is 2.72. The highest BCUT2D eigenvalue weighted by atomic mass is 19.4. The number of hydrogen-bond acceptors (Lipinski definition) is 2. The second-order valence-corrected chi connectivity index (χ2v) is 6.27. The van der Waals surface area contributed by atoms with E-state index in [4.69, 9.17) is 0 Å². The number of nitrogens with one attached hydrogen (secondary N) is 1. The smallest absolute Gasteiger partial charge is 0.339 e. The lowest BCUT2D eigenvalue weighted by atomic mass is 9.92. The van der Waals surface area contributed by atoms with Crippen LogP contribution in [0.2, 0.25) is 0 Å². The number of nitrogens with zero attached hydrogens (tertiary/aromatic N) is 1. The molecule has 3 nitrogen and oxygen atoms in total. The topological polar surface area (TPSA) is 32.3 Å². The first-order valence-corrected chi connectivity index (χ1v) is 7.53. The van der Waals surface area contributed by atoms with Crippen LogP contribution in [0, 0.1) is 0 Å². The minimum Gasteiger partial charge on any atom is -0.339 e. The molecule has 1 aliphatic carbocycles. The van der Waals surface area contributed by atoms with E-state index in [1.807, 2.05) is 6.92 Å². The molecule has 0 unspecified atom stereocenters. The van der Waals surface area contributed by atoms with Gasteiger partial charge in [-0.1, -0.05) is 18.2 Å². The summed E-state index contributed by atoms with van der Waals surface area (Å²) in [5.74, 6) is -0.0276. The van der Waals surface area contributed by atoms with Gasteiger partial charge in [-0.3, -0.25) is 4.79 Å². The summed E-state index contributed by atoms with van der Waals surface area (Å²) in [6, 6.07) is 5.44. The van der Waals surface area contributed by atoms with Crippen molar-refractivity contribution < 1.29 is 18.0 Å². The van der Waals surface area contributed by atoms with Gasteiger partial charge in [0, 0.05) is 25.7 Å². The number of carbonyl (C=O) groups is 1. The van der Waals surface area contributed by atoms with E-state index in [1.54, 1.807) is 11.0 Å². The first kappa shape index (κ1) is 15.3. The Morgan fingerprint density at radius 1 is 1.36 bits per heavy atom. The molecule has 2 fully saturated rings. The summed E-state index contributed by atoms with van der Waals surface area (Å²) < 4.78 is 38.6. The SMILES string of the molecule is C[C@@H]1CN(C(=O)C2(c3cccc(C(F)(F)F)c3)CC2)CCN1. The zero-order valence-corrected chi connectivity index (χ0v) is 12.4. The fraction of sp³-hybridized carbons (Fsp3) is 0.562. The Morgan fingerprint density at radius 2 is 2.09 bits per heavy atom. The first-order valence-electron chi connectivity index (χ1n) is 7.53. The zero-order chi connectivity index (χ0) is 16.0. The van der Waals surface area contributed by atoms with Crippen molar-refractivity contribution in [2.24, 2.45) is 0 Å². The Kier molecular flexibility index (Phi) is 3.67. The van der Waals surface area contributed by atoms with Crippen LogP contribution in [-0.2, 0) is 16.4 Å². The number of rotatable bonds is 2. The lowest BCUT2D eigenvalue weighted by Crippen LogP contribution is -2.53. The fourth-order valence-corrected chi connectivity index (χ4v) is 3.16. The van der Waals surface area contributed by atoms with Crippen LogP contribution >= 0.6 is 0 Å². The highest BCUT2D eigenvalue weighted by Crippen LogP contribution is 2.50. The second-order valence-electron chi connectivity index (χ2n) is 6.27. The van der Waals surface area contributed by atoms with E-state index in [0.717, 1.165) is 18.7 Å². The van der Waals surface area contributed by atoms with Gasteiger partial charge >= 0.3 is 6.18 Å². The molecule has 2 aliphatic rings. The van der Waals surface area contributed by atoms with Crippen LogP contribution in [0.1, 0.15) is 30.9 Å². The number of alkyl halides is 3. The number of halogens is 3. The van der Waals surface area contributed by atoms with Crippen molar-refractivity contribution in [2.45, 2.75) is 37.4 Å². The monoisotopic (exact) mass is 312 g/mol. The molecule has 6 heteroatoms. The van der Waals surface area contributed by atoms with Gasteiger partial charge in [-0.15, -0.1) is 0 Å². The molecule has 22 heavy (non-hydrogen) atoms. The molecule has 1 heterocycles. The van der Waals surface area contributed by atoms with Gasteiger partial charge in [0.05, 0.1) is 11.0 Å². The predicted octanol–water partition coefficient (Wildman–Crippen LogP) is 2.56. The summed E-state index contributed by atoms with van der Waals surface area (Å²) in [4.78, 5) is 14.6. The molecule has 1 atom stereocenters. The molecule has 0 bridgehead atoms. The summed E-state index contributed by atoms with van der Waals surface area (Å²) >= 11 is 0. The molecular weight excluding hydrogens is 293 g/mol. The normalized spacial score (nSPS) is 24.2. The quantitative estimate of drug-likeness (QED) is 0.910. The standard InChI is InChI=1S/C16H19F3N2O/c1-11-10-21(8-7-20-11)14(22)15(5-6-15)12-3-2-4-13(9-12)16(17,18)19/h2-4,9,11,20H,5-8,10H2,1H3/t11-/m1/s1. The van der Waals surface area contributed by atoms with Crippen molar-refractivity contribution in [3.63, 3.8) is 0 Å². The van der Waals surface area contributed by atoms with Crippen LogP contribution < -0.4 is 5.32 Å². The fourth-order valence-electron chi connectivity index (χ4n) is 3.16. The molecule has 0 aromatic heterocycles. The van der Waals surface area contributed by atoms with Crippen LogP contribution in [0.3, 0.4) is 0 Å². The number of piperazine rings is 1. The van der Waals surface area contributed by atoms with E-state index < -0.39 is 17.2 Å². The van der Waals surface area contributed by atoms with Gasteiger partial charge in [0.25, 0.3) is 0 Å². The van der Waals surface area contributed by atoms with E-state index in [-0.39, 0.29) is 11.9 Å². The molecule has 1 saturated carbocycles. The summed E-state index contributed by atoms with van der Waals surface area (Å²) in [6.45, 7) is 3.96. The molecule has 0 spiro atoms. The summed E-state index contributed by atoms with van der Waals surface area (Å²) in [5.41, 5.74) is -0.922. The van der Waals surface area contributed by atoms with Crippen molar-refractivity contribution in [2.75, 3.05) is 19.6 Å². The minimum atomic E-state index is -4.38. The highest BCUT2D eigenvalue weighted by Gasteiger charge is 2.53. The lowest BCUT2D eigenvalue weighted by molar-refractivity contribution is -0.138. The Hall–Kier alpha value is -1.56. The van der Waals surface area contributed by atoms with Crippen molar-refractivity contribution in [3.05, 3.63) is 35.4 Å². The maximum Gasteiger partial charge on any atom is 0.416 e. The minimum absolute atomic E-state index is 0.0276. The molecule has 1 aromatic carbocycles. The van der Waals surface area contributed by atoms with Crippen LogP contribution in [0.25, 0.3) is 0 Å². The third-order valence-corrected chi connectivity index (χ3v) is 4.56. The van der Waals surface area contributed by atoms with Crippen LogP contribution in [0.5, 0.6) is 0 Å². The molecule has 1 aliphatic heterocycles. The van der Waals surface area contributed by atoms with Crippen LogP contribution in [0.15, 0.2) is 24.3 Å². The predicted molar refractivity (Wildman–Crippen MR) is 76.4 cm³/mol. The largest absolute Gasteiger partial charge is 0.416 e. The Labute approximate surface area is 127 Å². The van der Waals surface area contributed by atoms with E-state index in [9.17, 15) is 18.0 Å². The highest BCUT2D eigenvalue weighted by molar-refractivity contribution is 5.91. The van der Waals surface area contributed by atoms with Crippen molar-refractivity contribution in [1.82, 2.24) is 10.2 Å². The Balaban J connectivity index is 1.86. The first-order chi connectivity index (χ1) is 10.3. The summed E-state index contributed by atoms with van der Waals surface area (Å²) in [6.07, 6.45) is -3.12. The van der Waals surface area contributed by atoms with Gasteiger partial charge in [-0.05, 0) is 31.4 Å². The van der Waals surface area contributed by atoms with Gasteiger partial charge in [0.2, 0.25) is 5.91 Å². The molecule has 1 aromatic rings. The maximum absolute atomic E-state index is 12.9. The van der Waals surface area contributed by atoms with Gasteiger partial charge in [-0.2, -0.15) is 13.2 Å². The van der Waals surface area contributed by atoms with E-state index in [1.165, 1.54) is 6.07 Å². The maximum atomic E-state index is 12.9. The second kappa shape index (κ2) is 5.26. The van der Waals surface area contributed by atoms with Gasteiger partial charge in [-0.25, -0.2) is 0 Å². The Bertz CT molecular complexity index is 581. The molecule has 0 radical (unpaired) electrons. The molecule has 1 N–H and O–H groups in total. The van der Waals surface area contributed by atoms with Crippen molar-refractivity contribution in [1.29, 1.82) is 0 Å². The lowest BCUT2D eigenvalue weighted by Gasteiger charge is -2.34. The number of benzene rings is 1. The third-order valence-electron chi connectivity index (χ3n) is 4.56. The zero-order valence-electron chi connectivity index (χ0n) is 12.4. The van der Waals surface area contributed by atoms with Crippen LogP contribution in [-0.4, -0.2) is 36.5 Å². The average Bonchev–Trinajstić information content (AvgIpc) is 3.27. The van der Waals surface area contributed by atoms with Gasteiger partial charge in [0.15, 0.2) is 0 Å². The van der Waals surface area contributed by atoms with Crippen LogP contribution in [0.4, 0.5) is 13.2 Å². The van der Waals surface area contributed by atoms with E-state index >= 15 is 0 Å². The van der Waals surface area contributed by atoms with Crippen molar-refractivity contribution >= 4 is 5.91 Å². The van der Waals surface area contributed by atoms with Crippen molar-refractivity contribution in [3.8, 4) is 0 Å². The molecule has 120 valence electrons. The number of carbonyl (C=O) groups excluding carboxylic acids is 1. The van der Waals surface area contributed by atoms with E-state index in [2.05, 4.69) is 5.32 Å². The number of amides is 1. The number of hydrogen-bond donors (Lipinski definition) is 1. The molecule has 1 amide bonds. The van der Waals surface area contributed by atoms with Gasteiger partial charge < -0.3 is 10.2 Å². The van der Waals surface area contributed by atoms with E-state index in [0.29, 0.717) is 31.5 Å². The Morgan fingerprint density at radius 3 is 2.68 bits per heavy atom. The van der Waals surface area contributed by atoms with Gasteiger partial charge in [0.1, 0.15) is 0 Å². The average molecular weight is 312 g/mol. The molecule has 3 rings (SSSR count). The molecule has 1 saturated heterocycles. The molecular formula is C16H19F3N2O. The summed E-state index contributed by atoms with van der Waals surface area (Å²) in [5, 5.41) is 3.26.